The van der Waals surface area contributed by atoms with Gasteiger partial charge in [0, 0.05) is 18.8 Å². The van der Waals surface area contributed by atoms with Crippen molar-refractivity contribution in [3.63, 3.8) is 0 Å². The normalized spacial score (nSPS) is 15.5. The number of ether oxygens (including phenoxy) is 1. The topological polar surface area (TPSA) is 46.6 Å². The van der Waals surface area contributed by atoms with Crippen LogP contribution >= 0.6 is 11.8 Å². The Morgan fingerprint density at radius 3 is 2.61 bits per heavy atom. The largest absolute Gasteiger partial charge is 0.466 e. The maximum absolute atomic E-state index is 12.3. The Hall–Kier alpha value is -1.49. The SMILES string of the molecule is CCOC(=O)C1CCN(C(=O)CSCc2ccccc2C)CC1. The molecule has 0 atom stereocenters. The van der Waals surface area contributed by atoms with Crippen LogP contribution < -0.4 is 0 Å². The van der Waals surface area contributed by atoms with E-state index in [4.69, 9.17) is 4.74 Å². The fourth-order valence-electron chi connectivity index (χ4n) is 2.74. The Bertz CT molecular complexity index is 539. The van der Waals surface area contributed by atoms with Crippen molar-refractivity contribution in [2.24, 2.45) is 5.92 Å². The van der Waals surface area contributed by atoms with E-state index in [0.29, 0.717) is 38.3 Å². The van der Waals surface area contributed by atoms with Gasteiger partial charge in [-0.05, 0) is 37.8 Å². The number of carbonyl (C=O) groups is 2. The second-order valence-corrected chi connectivity index (χ2v) is 6.81. The van der Waals surface area contributed by atoms with Crippen molar-refractivity contribution in [3.8, 4) is 0 Å². The maximum atomic E-state index is 12.3. The number of benzene rings is 1. The highest BCUT2D eigenvalue weighted by molar-refractivity contribution is 7.99. The molecule has 126 valence electrons. The molecule has 5 heteroatoms. The van der Waals surface area contributed by atoms with Crippen molar-refractivity contribution < 1.29 is 14.3 Å². The number of likely N-dealkylation sites (tertiary alicyclic amines) is 1. The van der Waals surface area contributed by atoms with E-state index in [2.05, 4.69) is 19.1 Å². The van der Waals surface area contributed by atoms with Gasteiger partial charge in [0.05, 0.1) is 18.3 Å². The van der Waals surface area contributed by atoms with Crippen LogP contribution in [0.3, 0.4) is 0 Å². The van der Waals surface area contributed by atoms with E-state index < -0.39 is 0 Å². The number of carbonyl (C=O) groups excluding carboxylic acids is 2. The monoisotopic (exact) mass is 335 g/mol. The first-order valence-electron chi connectivity index (χ1n) is 8.18. The maximum Gasteiger partial charge on any atom is 0.309 e. The van der Waals surface area contributed by atoms with Crippen LogP contribution in [0.25, 0.3) is 0 Å². The van der Waals surface area contributed by atoms with E-state index >= 15 is 0 Å². The van der Waals surface area contributed by atoms with Crippen LogP contribution in [0.2, 0.25) is 0 Å². The molecule has 1 heterocycles. The van der Waals surface area contributed by atoms with E-state index in [1.165, 1.54) is 11.1 Å². The van der Waals surface area contributed by atoms with Gasteiger partial charge in [0.2, 0.25) is 5.91 Å². The smallest absolute Gasteiger partial charge is 0.309 e. The molecule has 1 saturated heterocycles. The molecule has 1 aliphatic rings. The molecule has 4 nitrogen and oxygen atoms in total. The van der Waals surface area contributed by atoms with Gasteiger partial charge in [0.25, 0.3) is 0 Å². The van der Waals surface area contributed by atoms with Crippen LogP contribution in [-0.4, -0.2) is 42.2 Å². The van der Waals surface area contributed by atoms with E-state index in [1.54, 1.807) is 11.8 Å². The predicted octanol–water partition coefficient (Wildman–Crippen LogP) is 3.03. The average Bonchev–Trinajstić information content (AvgIpc) is 2.57. The zero-order valence-electron chi connectivity index (χ0n) is 13.9. The first-order valence-corrected chi connectivity index (χ1v) is 9.34. The van der Waals surface area contributed by atoms with Crippen LogP contribution in [0.5, 0.6) is 0 Å². The molecule has 0 unspecified atom stereocenters. The number of hydrogen-bond donors (Lipinski definition) is 0. The van der Waals surface area contributed by atoms with Crippen LogP contribution in [0, 0.1) is 12.8 Å². The third kappa shape index (κ3) is 5.27. The number of esters is 1. The van der Waals surface area contributed by atoms with Crippen molar-refractivity contribution in [2.75, 3.05) is 25.4 Å². The van der Waals surface area contributed by atoms with Gasteiger partial charge < -0.3 is 9.64 Å². The Kier molecular flexibility index (Phi) is 6.96. The first-order chi connectivity index (χ1) is 11.1. The Morgan fingerprint density at radius 2 is 1.96 bits per heavy atom. The molecule has 1 fully saturated rings. The molecular weight excluding hydrogens is 310 g/mol. The highest BCUT2D eigenvalue weighted by Crippen LogP contribution is 2.21. The van der Waals surface area contributed by atoms with Gasteiger partial charge in [0.1, 0.15) is 0 Å². The van der Waals surface area contributed by atoms with E-state index in [-0.39, 0.29) is 17.8 Å². The summed E-state index contributed by atoms with van der Waals surface area (Å²) in [5.74, 6) is 1.37. The van der Waals surface area contributed by atoms with Gasteiger partial charge in [-0.3, -0.25) is 9.59 Å². The Morgan fingerprint density at radius 1 is 1.26 bits per heavy atom. The first kappa shape index (κ1) is 17.9. The Labute approximate surface area is 142 Å². The molecule has 1 aliphatic heterocycles. The molecule has 2 rings (SSSR count). The average molecular weight is 335 g/mol. The Balaban J connectivity index is 1.71. The summed E-state index contributed by atoms with van der Waals surface area (Å²) in [4.78, 5) is 25.8. The number of thioether (sulfide) groups is 1. The van der Waals surface area contributed by atoms with Crippen LogP contribution in [0.4, 0.5) is 0 Å². The molecule has 23 heavy (non-hydrogen) atoms. The van der Waals surface area contributed by atoms with E-state index in [1.807, 2.05) is 24.0 Å². The molecule has 1 aromatic rings. The molecule has 1 amide bonds. The summed E-state index contributed by atoms with van der Waals surface area (Å²) in [7, 11) is 0. The summed E-state index contributed by atoms with van der Waals surface area (Å²) in [6.45, 7) is 5.66. The highest BCUT2D eigenvalue weighted by atomic mass is 32.2. The highest BCUT2D eigenvalue weighted by Gasteiger charge is 2.27. The van der Waals surface area contributed by atoms with Crippen molar-refractivity contribution in [1.29, 1.82) is 0 Å². The van der Waals surface area contributed by atoms with Crippen LogP contribution in [-0.2, 0) is 20.1 Å². The summed E-state index contributed by atoms with van der Waals surface area (Å²) >= 11 is 1.65. The lowest BCUT2D eigenvalue weighted by Gasteiger charge is -2.30. The molecule has 0 bridgehead atoms. The molecule has 0 aromatic heterocycles. The lowest BCUT2D eigenvalue weighted by atomic mass is 9.97. The van der Waals surface area contributed by atoms with Crippen molar-refractivity contribution in [1.82, 2.24) is 4.90 Å². The lowest BCUT2D eigenvalue weighted by molar-refractivity contribution is -0.151. The second kappa shape index (κ2) is 8.96. The third-order valence-corrected chi connectivity index (χ3v) is 5.18. The number of amides is 1. The minimum Gasteiger partial charge on any atom is -0.466 e. The second-order valence-electron chi connectivity index (χ2n) is 5.83. The third-order valence-electron chi connectivity index (χ3n) is 4.21. The van der Waals surface area contributed by atoms with E-state index in [0.717, 1.165) is 5.75 Å². The number of piperidine rings is 1. The minimum atomic E-state index is -0.117. The van der Waals surface area contributed by atoms with Crippen molar-refractivity contribution >= 4 is 23.6 Å². The fraction of sp³-hybridized carbons (Fsp3) is 0.556. The van der Waals surface area contributed by atoms with Crippen molar-refractivity contribution in [2.45, 2.75) is 32.4 Å². The van der Waals surface area contributed by atoms with Crippen LogP contribution in [0.1, 0.15) is 30.9 Å². The van der Waals surface area contributed by atoms with Gasteiger partial charge >= 0.3 is 5.97 Å². The summed E-state index contributed by atoms with van der Waals surface area (Å²) in [6, 6.07) is 8.27. The minimum absolute atomic E-state index is 0.0429. The van der Waals surface area contributed by atoms with Gasteiger partial charge in [-0.1, -0.05) is 24.3 Å². The van der Waals surface area contributed by atoms with Gasteiger partial charge in [-0.15, -0.1) is 11.8 Å². The summed E-state index contributed by atoms with van der Waals surface area (Å²) in [5, 5.41) is 0. The fourth-order valence-corrected chi connectivity index (χ4v) is 3.74. The summed E-state index contributed by atoms with van der Waals surface area (Å²) < 4.78 is 5.06. The quantitative estimate of drug-likeness (QED) is 0.750. The van der Waals surface area contributed by atoms with E-state index in [9.17, 15) is 9.59 Å². The predicted molar refractivity (Wildman–Crippen MR) is 93.3 cm³/mol. The molecule has 0 radical (unpaired) electrons. The van der Waals surface area contributed by atoms with Crippen molar-refractivity contribution in [3.05, 3.63) is 35.4 Å². The zero-order valence-corrected chi connectivity index (χ0v) is 14.7. The van der Waals surface area contributed by atoms with Gasteiger partial charge in [-0.25, -0.2) is 0 Å². The molecular formula is C18H25NO3S. The van der Waals surface area contributed by atoms with Gasteiger partial charge in [-0.2, -0.15) is 0 Å². The summed E-state index contributed by atoms with van der Waals surface area (Å²) in [6.07, 6.45) is 1.43. The molecule has 0 aliphatic carbocycles. The number of aryl methyl sites for hydroxylation is 1. The van der Waals surface area contributed by atoms with Gasteiger partial charge in [0.15, 0.2) is 0 Å². The standard InChI is InChI=1S/C18H25NO3S/c1-3-22-18(21)15-8-10-19(11-9-15)17(20)13-23-12-16-7-5-4-6-14(16)2/h4-7,15H,3,8-13H2,1-2H3. The number of rotatable bonds is 6. The van der Waals surface area contributed by atoms with Crippen LogP contribution in [0.15, 0.2) is 24.3 Å². The zero-order chi connectivity index (χ0) is 16.7. The molecule has 0 saturated carbocycles. The molecule has 0 N–H and O–H groups in total. The molecule has 0 spiro atoms. The number of nitrogens with zero attached hydrogens (tertiary/aromatic N) is 1. The molecule has 1 aromatic carbocycles. The number of hydrogen-bond acceptors (Lipinski definition) is 4. The summed E-state index contributed by atoms with van der Waals surface area (Å²) in [5.41, 5.74) is 2.55. The lowest BCUT2D eigenvalue weighted by Crippen LogP contribution is -2.41.